The molecule has 2 aliphatic carbocycles. The van der Waals surface area contributed by atoms with Crippen molar-refractivity contribution in [1.82, 2.24) is 14.7 Å². The molecule has 3 aliphatic rings. The van der Waals surface area contributed by atoms with Crippen LogP contribution in [-0.4, -0.2) is 32.7 Å². The van der Waals surface area contributed by atoms with Crippen molar-refractivity contribution in [1.29, 1.82) is 5.26 Å². The summed E-state index contributed by atoms with van der Waals surface area (Å²) in [5.74, 6) is 0.926. The predicted octanol–water partition coefficient (Wildman–Crippen LogP) is 5.55. The summed E-state index contributed by atoms with van der Waals surface area (Å²) in [6.45, 7) is 2.05. The van der Waals surface area contributed by atoms with Crippen LogP contribution in [0.4, 0.5) is 4.39 Å². The molecule has 2 saturated carbocycles. The molecule has 3 fully saturated rings. The maximum atomic E-state index is 14.8. The number of carbonyl (C=O) groups is 1. The number of nitrogens with zero attached hydrogens (tertiary/aromatic N) is 4. The first kappa shape index (κ1) is 21.4. The van der Waals surface area contributed by atoms with Gasteiger partial charge in [-0.3, -0.25) is 9.48 Å². The van der Waals surface area contributed by atoms with Crippen LogP contribution >= 0.6 is 0 Å². The van der Waals surface area contributed by atoms with Gasteiger partial charge in [-0.2, -0.15) is 10.4 Å². The number of aryl methyl sites for hydroxylation is 1. The van der Waals surface area contributed by atoms with Gasteiger partial charge < -0.3 is 4.90 Å². The van der Waals surface area contributed by atoms with Gasteiger partial charge in [0.25, 0.3) is 0 Å². The molecule has 1 aliphatic heterocycles. The smallest absolute Gasteiger partial charge is 0.223 e. The molecule has 4 unspecified atom stereocenters. The molecule has 2 bridgehead atoms. The predicted molar refractivity (Wildman–Crippen MR) is 122 cm³/mol. The summed E-state index contributed by atoms with van der Waals surface area (Å²) in [4.78, 5) is 15.8. The number of likely N-dealkylation sites (tertiary alicyclic amines) is 1. The van der Waals surface area contributed by atoms with Gasteiger partial charge in [0, 0.05) is 48.8 Å². The van der Waals surface area contributed by atoms with Crippen molar-refractivity contribution in [2.75, 3.05) is 0 Å². The van der Waals surface area contributed by atoms with Crippen molar-refractivity contribution in [2.45, 2.75) is 95.1 Å². The molecule has 1 aromatic heterocycles. The van der Waals surface area contributed by atoms with Gasteiger partial charge in [-0.1, -0.05) is 19.8 Å². The molecule has 2 heterocycles. The topological polar surface area (TPSA) is 61.9 Å². The van der Waals surface area contributed by atoms with Gasteiger partial charge in [-0.05, 0) is 62.5 Å². The standard InChI is InChI=1S/C26H33FN4O/c1-16(26-25-22(30(2)29-26)11-10-21(27)24(25)18-8-9-18)13-23(32)31-19-6-3-5-17(14-19)15-20(31)7-4-12-28/h10-11,16-20H,3-9,13-15H2,1-2H3. The Hall–Kier alpha value is -2.42. The summed E-state index contributed by atoms with van der Waals surface area (Å²) in [7, 11) is 1.90. The van der Waals surface area contributed by atoms with Crippen molar-refractivity contribution in [2.24, 2.45) is 13.0 Å². The Balaban J connectivity index is 1.42. The number of hydrogen-bond acceptors (Lipinski definition) is 3. The van der Waals surface area contributed by atoms with E-state index in [4.69, 9.17) is 10.4 Å². The molecule has 1 aromatic carbocycles. The Kier molecular flexibility index (Phi) is 5.69. The molecule has 0 radical (unpaired) electrons. The molecule has 170 valence electrons. The maximum absolute atomic E-state index is 14.8. The molecular formula is C26H33FN4O. The Morgan fingerprint density at radius 1 is 1.28 bits per heavy atom. The normalized spacial score (nSPS) is 26.2. The van der Waals surface area contributed by atoms with Gasteiger partial charge in [0.15, 0.2) is 0 Å². The fraction of sp³-hybridized carbons (Fsp3) is 0.654. The van der Waals surface area contributed by atoms with Crippen molar-refractivity contribution < 1.29 is 9.18 Å². The first-order valence-corrected chi connectivity index (χ1v) is 12.3. The summed E-state index contributed by atoms with van der Waals surface area (Å²) < 4.78 is 16.6. The van der Waals surface area contributed by atoms with Crippen LogP contribution < -0.4 is 0 Å². The lowest BCUT2D eigenvalue weighted by Gasteiger charge is -2.48. The van der Waals surface area contributed by atoms with Crippen LogP contribution in [0.1, 0.15) is 94.2 Å². The zero-order chi connectivity index (χ0) is 22.4. The van der Waals surface area contributed by atoms with Crippen molar-refractivity contribution >= 4 is 16.8 Å². The molecule has 32 heavy (non-hydrogen) atoms. The minimum Gasteiger partial charge on any atom is -0.337 e. The van der Waals surface area contributed by atoms with E-state index in [1.807, 2.05) is 17.8 Å². The average Bonchev–Trinajstić information content (AvgIpc) is 3.54. The number of benzene rings is 1. The number of fused-ring (bicyclic) bond motifs is 3. The zero-order valence-corrected chi connectivity index (χ0v) is 19.2. The minimum atomic E-state index is -0.145. The summed E-state index contributed by atoms with van der Waals surface area (Å²) in [5.41, 5.74) is 2.59. The van der Waals surface area contributed by atoms with Gasteiger partial charge in [0.05, 0.1) is 17.3 Å². The number of halogens is 1. The molecule has 5 rings (SSSR count). The lowest BCUT2D eigenvalue weighted by molar-refractivity contribution is -0.141. The van der Waals surface area contributed by atoms with E-state index in [0.29, 0.717) is 24.8 Å². The number of nitriles is 1. The molecule has 4 atom stereocenters. The fourth-order valence-electron chi connectivity index (χ4n) is 6.39. The Bertz CT molecular complexity index is 1070. The second-order valence-electron chi connectivity index (χ2n) is 10.3. The van der Waals surface area contributed by atoms with Gasteiger partial charge in [-0.15, -0.1) is 0 Å². The Morgan fingerprint density at radius 2 is 2.09 bits per heavy atom. The van der Waals surface area contributed by atoms with Crippen LogP contribution in [0.15, 0.2) is 12.1 Å². The third-order valence-corrected chi connectivity index (χ3v) is 7.99. The highest BCUT2D eigenvalue weighted by molar-refractivity contribution is 5.88. The highest BCUT2D eigenvalue weighted by atomic mass is 19.1. The van der Waals surface area contributed by atoms with Gasteiger partial charge in [0.2, 0.25) is 5.91 Å². The first-order valence-electron chi connectivity index (χ1n) is 12.3. The number of rotatable bonds is 6. The first-order chi connectivity index (χ1) is 15.5. The lowest BCUT2D eigenvalue weighted by atomic mass is 9.75. The second kappa shape index (κ2) is 8.50. The third kappa shape index (κ3) is 3.80. The van der Waals surface area contributed by atoms with E-state index in [-0.39, 0.29) is 29.6 Å². The quantitative estimate of drug-likeness (QED) is 0.597. The number of piperidine rings is 1. The third-order valence-electron chi connectivity index (χ3n) is 7.99. The number of carbonyl (C=O) groups excluding carboxylic acids is 1. The van der Waals surface area contributed by atoms with Crippen molar-refractivity contribution in [3.63, 3.8) is 0 Å². The molecule has 1 amide bonds. The van der Waals surface area contributed by atoms with Crippen molar-refractivity contribution in [3.05, 3.63) is 29.2 Å². The van der Waals surface area contributed by atoms with E-state index in [2.05, 4.69) is 17.9 Å². The van der Waals surface area contributed by atoms with Crippen LogP contribution in [0.2, 0.25) is 0 Å². The van der Waals surface area contributed by atoms with E-state index < -0.39 is 0 Å². The summed E-state index contributed by atoms with van der Waals surface area (Å²) in [5, 5.41) is 14.8. The Morgan fingerprint density at radius 3 is 2.84 bits per heavy atom. The maximum Gasteiger partial charge on any atom is 0.223 e. The molecular weight excluding hydrogens is 403 g/mol. The van der Waals surface area contributed by atoms with Gasteiger partial charge in [-0.25, -0.2) is 4.39 Å². The minimum absolute atomic E-state index is 0.0802. The van der Waals surface area contributed by atoms with E-state index in [1.165, 1.54) is 12.8 Å². The Labute approximate surface area is 189 Å². The second-order valence-corrected chi connectivity index (χ2v) is 10.3. The number of amides is 1. The van der Waals surface area contributed by atoms with E-state index in [0.717, 1.165) is 60.7 Å². The largest absolute Gasteiger partial charge is 0.337 e. The monoisotopic (exact) mass is 436 g/mol. The SMILES string of the molecule is CC(CC(=O)N1C(CCC#N)CC2CCCC1C2)c1nn(C)c2ccc(F)c(C3CC3)c12. The van der Waals surface area contributed by atoms with Gasteiger partial charge >= 0.3 is 0 Å². The van der Waals surface area contributed by atoms with Gasteiger partial charge in [0.1, 0.15) is 5.82 Å². The number of aromatic nitrogens is 2. The zero-order valence-electron chi connectivity index (χ0n) is 19.2. The molecule has 5 nitrogen and oxygen atoms in total. The van der Waals surface area contributed by atoms with E-state index in [1.54, 1.807) is 6.07 Å². The summed E-state index contributed by atoms with van der Waals surface area (Å²) >= 11 is 0. The molecule has 0 spiro atoms. The van der Waals surface area contributed by atoms with Crippen molar-refractivity contribution in [3.8, 4) is 6.07 Å². The fourth-order valence-corrected chi connectivity index (χ4v) is 6.39. The molecule has 1 saturated heterocycles. The van der Waals surface area contributed by atoms with Crippen LogP contribution in [0.5, 0.6) is 0 Å². The molecule has 0 N–H and O–H groups in total. The van der Waals surface area contributed by atoms with E-state index in [9.17, 15) is 9.18 Å². The van der Waals surface area contributed by atoms with Crippen LogP contribution in [0.25, 0.3) is 10.9 Å². The van der Waals surface area contributed by atoms with Crippen LogP contribution in [0, 0.1) is 23.1 Å². The van der Waals surface area contributed by atoms with E-state index >= 15 is 0 Å². The number of hydrogen-bond donors (Lipinski definition) is 0. The average molecular weight is 437 g/mol. The molecule has 6 heteroatoms. The highest BCUT2D eigenvalue weighted by Crippen LogP contribution is 2.46. The highest BCUT2D eigenvalue weighted by Gasteiger charge is 2.40. The molecule has 2 aromatic rings. The summed E-state index contributed by atoms with van der Waals surface area (Å²) in [6.07, 6.45) is 9.35. The van der Waals surface area contributed by atoms with Crippen LogP contribution in [0.3, 0.4) is 0 Å². The lowest BCUT2D eigenvalue weighted by Crippen LogP contribution is -2.53. The van der Waals surface area contributed by atoms with Crippen LogP contribution in [-0.2, 0) is 11.8 Å². The summed E-state index contributed by atoms with van der Waals surface area (Å²) in [6, 6.07) is 6.13.